The van der Waals surface area contributed by atoms with Gasteiger partial charge in [0, 0.05) is 18.0 Å². The van der Waals surface area contributed by atoms with Crippen molar-refractivity contribution >= 4 is 15.7 Å². The van der Waals surface area contributed by atoms with Crippen LogP contribution in [0, 0.1) is 11.6 Å². The molecule has 1 heterocycles. The van der Waals surface area contributed by atoms with E-state index >= 15 is 0 Å². The Labute approximate surface area is 162 Å². The van der Waals surface area contributed by atoms with Gasteiger partial charge in [0.1, 0.15) is 22.3 Å². The minimum atomic E-state index is -5.11. The van der Waals surface area contributed by atoms with Crippen LogP contribution in [0.5, 0.6) is 5.75 Å². The van der Waals surface area contributed by atoms with Crippen LogP contribution >= 0.6 is 0 Å². The molecule has 5 nitrogen and oxygen atoms in total. The third-order valence-corrected chi connectivity index (χ3v) is 5.32. The number of benzene rings is 2. The lowest BCUT2D eigenvalue weighted by atomic mass is 10.1. The molecule has 0 aliphatic carbocycles. The highest BCUT2D eigenvalue weighted by atomic mass is 32.2. The van der Waals surface area contributed by atoms with Gasteiger partial charge >= 0.3 is 6.18 Å². The Morgan fingerprint density at radius 3 is 2.24 bits per heavy atom. The summed E-state index contributed by atoms with van der Waals surface area (Å²) in [5.74, 6) is -2.77. The van der Waals surface area contributed by atoms with Gasteiger partial charge in [-0.2, -0.15) is 13.2 Å². The Hall–Kier alpha value is -3.08. The minimum absolute atomic E-state index is 0.104. The molecule has 0 unspecified atom stereocenters. The molecule has 2 aromatic carbocycles. The lowest BCUT2D eigenvalue weighted by molar-refractivity contribution is -0.140. The Bertz CT molecular complexity index is 1140. The maximum atomic E-state index is 13.9. The summed E-state index contributed by atoms with van der Waals surface area (Å²) < 4.78 is 97.1. The van der Waals surface area contributed by atoms with Crippen molar-refractivity contribution in [3.8, 4) is 17.0 Å². The first kappa shape index (κ1) is 20.6. The molecule has 0 bridgehead atoms. The van der Waals surface area contributed by atoms with Gasteiger partial charge in [-0.1, -0.05) is 0 Å². The molecule has 0 atom stereocenters. The monoisotopic (exact) mass is 432 g/mol. The largest absolute Gasteiger partial charge is 0.497 e. The van der Waals surface area contributed by atoms with Crippen LogP contribution in [0.2, 0.25) is 0 Å². The molecule has 0 aliphatic heterocycles. The number of rotatable bonds is 5. The van der Waals surface area contributed by atoms with E-state index in [2.05, 4.69) is 4.98 Å². The summed E-state index contributed by atoms with van der Waals surface area (Å²) in [6.45, 7) is 0. The van der Waals surface area contributed by atoms with Crippen molar-refractivity contribution in [1.29, 1.82) is 0 Å². The average Bonchev–Trinajstić information content (AvgIpc) is 3.14. The lowest BCUT2D eigenvalue weighted by Crippen LogP contribution is -2.15. The predicted octanol–water partition coefficient (Wildman–Crippen LogP) is 4.79. The number of methoxy groups -OCH3 is 1. The second kappa shape index (κ2) is 7.39. The van der Waals surface area contributed by atoms with Crippen molar-refractivity contribution in [3.05, 3.63) is 65.9 Å². The summed E-state index contributed by atoms with van der Waals surface area (Å²) in [6.07, 6.45) is -4.00. The number of hydrogen-bond acceptors (Lipinski definition) is 3. The van der Waals surface area contributed by atoms with Crippen molar-refractivity contribution in [2.75, 3.05) is 11.8 Å². The standard InChI is InChI=1S/C18H13F5N2O3S/c1-28-11-4-2-10(3-5-11)16-6-12(9-24-16)29(26,27)25-17-8-14(19)13(7-15(17)20)18(21,22)23/h2-9,24-25H,1H3. The van der Waals surface area contributed by atoms with Crippen molar-refractivity contribution in [2.24, 2.45) is 0 Å². The molecule has 3 rings (SSSR count). The Morgan fingerprint density at radius 1 is 1.00 bits per heavy atom. The summed E-state index contributed by atoms with van der Waals surface area (Å²) in [7, 11) is -2.91. The van der Waals surface area contributed by atoms with Crippen LogP contribution in [0.15, 0.2) is 53.6 Å². The van der Waals surface area contributed by atoms with Gasteiger partial charge in [-0.3, -0.25) is 4.72 Å². The number of hydrogen-bond donors (Lipinski definition) is 2. The number of aromatic nitrogens is 1. The van der Waals surface area contributed by atoms with E-state index in [1.54, 1.807) is 29.0 Å². The van der Waals surface area contributed by atoms with Gasteiger partial charge in [0.25, 0.3) is 10.0 Å². The zero-order valence-corrected chi connectivity index (χ0v) is 15.5. The number of sulfonamides is 1. The first-order valence-electron chi connectivity index (χ1n) is 7.93. The number of ether oxygens (including phenoxy) is 1. The number of aromatic amines is 1. The first-order valence-corrected chi connectivity index (χ1v) is 9.41. The molecule has 1 aromatic heterocycles. The molecule has 0 aliphatic rings. The van der Waals surface area contributed by atoms with Crippen LogP contribution < -0.4 is 9.46 Å². The van der Waals surface area contributed by atoms with Crippen molar-refractivity contribution in [2.45, 2.75) is 11.1 Å². The van der Waals surface area contributed by atoms with Crippen LogP contribution in [0.25, 0.3) is 11.3 Å². The molecule has 0 saturated carbocycles. The molecule has 0 radical (unpaired) electrons. The highest BCUT2D eigenvalue weighted by molar-refractivity contribution is 7.92. The van der Waals surface area contributed by atoms with Crippen molar-refractivity contribution in [1.82, 2.24) is 4.98 Å². The third-order valence-electron chi connectivity index (χ3n) is 3.97. The minimum Gasteiger partial charge on any atom is -0.497 e. The van der Waals surface area contributed by atoms with Gasteiger partial charge in [-0.25, -0.2) is 17.2 Å². The fourth-order valence-corrected chi connectivity index (χ4v) is 3.56. The SMILES string of the molecule is COc1ccc(-c2cc(S(=O)(=O)Nc3cc(F)c(C(F)(F)F)cc3F)c[nH]2)cc1. The van der Waals surface area contributed by atoms with E-state index in [-0.39, 0.29) is 17.0 Å². The number of anilines is 1. The fraction of sp³-hybridized carbons (Fsp3) is 0.111. The molecule has 2 N–H and O–H groups in total. The van der Waals surface area contributed by atoms with Gasteiger partial charge in [-0.15, -0.1) is 0 Å². The highest BCUT2D eigenvalue weighted by Crippen LogP contribution is 2.34. The van der Waals surface area contributed by atoms with E-state index in [9.17, 15) is 30.4 Å². The van der Waals surface area contributed by atoms with Gasteiger partial charge in [0.15, 0.2) is 0 Å². The average molecular weight is 432 g/mol. The van der Waals surface area contributed by atoms with Crippen molar-refractivity contribution < 1.29 is 35.1 Å². The van der Waals surface area contributed by atoms with Crippen LogP contribution in [-0.4, -0.2) is 20.5 Å². The quantitative estimate of drug-likeness (QED) is 0.570. The molecule has 3 aromatic rings. The normalized spacial score (nSPS) is 12.1. The smallest absolute Gasteiger partial charge is 0.419 e. The number of nitrogens with one attached hydrogen (secondary N) is 2. The first-order chi connectivity index (χ1) is 13.5. The van der Waals surface area contributed by atoms with Gasteiger partial charge in [0.2, 0.25) is 0 Å². The van der Waals surface area contributed by atoms with E-state index in [1.165, 1.54) is 13.2 Å². The maximum Gasteiger partial charge on any atom is 0.419 e. The Morgan fingerprint density at radius 2 is 1.66 bits per heavy atom. The molecule has 0 fully saturated rings. The molecular weight excluding hydrogens is 419 g/mol. The van der Waals surface area contributed by atoms with Crippen LogP contribution in [0.3, 0.4) is 0 Å². The van der Waals surface area contributed by atoms with Crippen LogP contribution in [0.1, 0.15) is 5.56 Å². The van der Waals surface area contributed by atoms with Crippen LogP contribution in [-0.2, 0) is 16.2 Å². The van der Waals surface area contributed by atoms with E-state index in [4.69, 9.17) is 4.74 Å². The van der Waals surface area contributed by atoms with Crippen molar-refractivity contribution in [3.63, 3.8) is 0 Å². The van der Waals surface area contributed by atoms with E-state index in [0.717, 1.165) is 6.20 Å². The fourth-order valence-electron chi connectivity index (χ4n) is 2.51. The maximum absolute atomic E-state index is 13.9. The number of H-pyrrole nitrogens is 1. The summed E-state index contributed by atoms with van der Waals surface area (Å²) in [6, 6.07) is 7.92. The van der Waals surface area contributed by atoms with Crippen LogP contribution in [0.4, 0.5) is 27.6 Å². The second-order valence-corrected chi connectivity index (χ2v) is 7.58. The predicted molar refractivity (Wildman–Crippen MR) is 94.9 cm³/mol. The highest BCUT2D eigenvalue weighted by Gasteiger charge is 2.35. The molecule has 29 heavy (non-hydrogen) atoms. The summed E-state index contributed by atoms with van der Waals surface area (Å²) in [5.41, 5.74) is -1.74. The van der Waals surface area contributed by atoms with E-state index < -0.39 is 39.1 Å². The molecule has 0 spiro atoms. The second-order valence-electron chi connectivity index (χ2n) is 5.89. The lowest BCUT2D eigenvalue weighted by Gasteiger charge is -2.12. The van der Waals surface area contributed by atoms with Gasteiger partial charge < -0.3 is 9.72 Å². The topological polar surface area (TPSA) is 71.2 Å². The zero-order chi connectivity index (χ0) is 21.4. The van der Waals surface area contributed by atoms with Gasteiger partial charge in [0.05, 0.1) is 18.4 Å². The Balaban J connectivity index is 1.89. The molecule has 154 valence electrons. The third kappa shape index (κ3) is 4.34. The van der Waals surface area contributed by atoms with E-state index in [0.29, 0.717) is 17.0 Å². The summed E-state index contributed by atoms with van der Waals surface area (Å²) in [5, 5.41) is 0. The van der Waals surface area contributed by atoms with E-state index in [1.807, 2.05) is 0 Å². The molecular formula is C18H13F5N2O3S. The summed E-state index contributed by atoms with van der Waals surface area (Å²) in [4.78, 5) is 2.41. The molecule has 0 amide bonds. The Kier molecular flexibility index (Phi) is 5.26. The number of halogens is 5. The zero-order valence-electron chi connectivity index (χ0n) is 14.6. The molecule has 11 heteroatoms. The summed E-state index contributed by atoms with van der Waals surface area (Å²) >= 11 is 0. The molecule has 0 saturated heterocycles. The van der Waals surface area contributed by atoms with Gasteiger partial charge in [-0.05, 0) is 42.0 Å². The number of alkyl halides is 3.